The second-order valence-electron chi connectivity index (χ2n) is 5.59. The number of likely N-dealkylation sites (tertiary alicyclic amines) is 1. The van der Waals surface area contributed by atoms with Gasteiger partial charge in [0.15, 0.2) is 0 Å². The summed E-state index contributed by atoms with van der Waals surface area (Å²) in [4.78, 5) is 2.61. The van der Waals surface area contributed by atoms with Gasteiger partial charge < -0.3 is 9.73 Å². The molecule has 1 aliphatic rings. The molecule has 0 amide bonds. The molecule has 0 spiro atoms. The van der Waals surface area contributed by atoms with Crippen LogP contribution in [0.5, 0.6) is 0 Å². The lowest BCUT2D eigenvalue weighted by atomic mass is 9.92. The molecule has 1 aromatic rings. The largest absolute Gasteiger partial charge is 0.468 e. The highest BCUT2D eigenvalue weighted by Crippen LogP contribution is 2.22. The van der Waals surface area contributed by atoms with Gasteiger partial charge in [-0.25, -0.2) is 0 Å². The first kappa shape index (κ1) is 13.6. The van der Waals surface area contributed by atoms with Gasteiger partial charge in [0, 0.05) is 19.1 Å². The predicted octanol–water partition coefficient (Wildman–Crippen LogP) is 3.05. The van der Waals surface area contributed by atoms with Crippen LogP contribution in [0.25, 0.3) is 0 Å². The first-order valence-corrected chi connectivity index (χ1v) is 7.19. The van der Waals surface area contributed by atoms with Crippen LogP contribution in [0, 0.1) is 5.92 Å². The lowest BCUT2D eigenvalue weighted by Crippen LogP contribution is -2.45. The van der Waals surface area contributed by atoms with Gasteiger partial charge in [0.2, 0.25) is 0 Å². The highest BCUT2D eigenvalue weighted by atomic mass is 16.3. The van der Waals surface area contributed by atoms with Crippen LogP contribution in [-0.2, 0) is 0 Å². The Morgan fingerprint density at radius 2 is 2.33 bits per heavy atom. The highest BCUT2D eigenvalue weighted by molar-refractivity contribution is 5.02. The van der Waals surface area contributed by atoms with Crippen molar-refractivity contribution in [3.63, 3.8) is 0 Å². The van der Waals surface area contributed by atoms with E-state index in [1.54, 1.807) is 6.26 Å². The summed E-state index contributed by atoms with van der Waals surface area (Å²) in [5.41, 5.74) is 0. The number of rotatable bonds is 5. The molecule has 1 fully saturated rings. The summed E-state index contributed by atoms with van der Waals surface area (Å²) < 4.78 is 5.40. The van der Waals surface area contributed by atoms with E-state index in [1.807, 2.05) is 12.1 Å². The van der Waals surface area contributed by atoms with Gasteiger partial charge >= 0.3 is 0 Å². The summed E-state index contributed by atoms with van der Waals surface area (Å²) in [7, 11) is 0. The Kier molecular flexibility index (Phi) is 4.84. The minimum atomic E-state index is 0.303. The lowest BCUT2D eigenvalue weighted by Gasteiger charge is -2.38. The highest BCUT2D eigenvalue weighted by Gasteiger charge is 2.24. The van der Waals surface area contributed by atoms with Crippen LogP contribution in [-0.4, -0.2) is 30.6 Å². The third kappa shape index (κ3) is 3.36. The molecule has 0 aromatic carbocycles. The van der Waals surface area contributed by atoms with Crippen molar-refractivity contribution in [3.8, 4) is 0 Å². The van der Waals surface area contributed by atoms with Crippen molar-refractivity contribution in [1.82, 2.24) is 10.2 Å². The Hall–Kier alpha value is -0.800. The molecule has 1 aliphatic heterocycles. The van der Waals surface area contributed by atoms with Gasteiger partial charge in [0.1, 0.15) is 5.76 Å². The molecule has 0 bridgehead atoms. The normalized spacial score (nSPS) is 27.3. The number of furan rings is 1. The Balaban J connectivity index is 1.71. The van der Waals surface area contributed by atoms with Crippen molar-refractivity contribution < 1.29 is 4.42 Å². The van der Waals surface area contributed by atoms with Crippen LogP contribution in [0.4, 0.5) is 0 Å². The summed E-state index contributed by atoms with van der Waals surface area (Å²) in [6, 6.07) is 5.00. The summed E-state index contributed by atoms with van der Waals surface area (Å²) in [5.74, 6) is 1.86. The van der Waals surface area contributed by atoms with Crippen LogP contribution in [0.15, 0.2) is 22.8 Å². The summed E-state index contributed by atoms with van der Waals surface area (Å²) in [5, 5.41) is 3.53. The fourth-order valence-corrected chi connectivity index (χ4v) is 2.80. The number of hydrogen-bond acceptors (Lipinski definition) is 3. The van der Waals surface area contributed by atoms with Gasteiger partial charge in [0.25, 0.3) is 0 Å². The van der Waals surface area contributed by atoms with Crippen molar-refractivity contribution >= 4 is 0 Å². The molecule has 3 nitrogen and oxygen atoms in total. The molecule has 2 rings (SSSR count). The van der Waals surface area contributed by atoms with E-state index >= 15 is 0 Å². The molecule has 102 valence electrons. The van der Waals surface area contributed by atoms with Gasteiger partial charge in [-0.1, -0.05) is 6.92 Å². The topological polar surface area (TPSA) is 28.4 Å². The van der Waals surface area contributed by atoms with E-state index in [1.165, 1.54) is 19.4 Å². The lowest BCUT2D eigenvalue weighted by molar-refractivity contribution is 0.114. The van der Waals surface area contributed by atoms with Crippen LogP contribution < -0.4 is 5.32 Å². The van der Waals surface area contributed by atoms with Gasteiger partial charge in [-0.2, -0.15) is 0 Å². The van der Waals surface area contributed by atoms with Gasteiger partial charge in [-0.3, -0.25) is 4.90 Å². The molecule has 0 aliphatic carbocycles. The Morgan fingerprint density at radius 3 is 3.06 bits per heavy atom. The minimum absolute atomic E-state index is 0.303. The number of piperidine rings is 1. The molecule has 0 radical (unpaired) electrons. The van der Waals surface area contributed by atoms with E-state index in [9.17, 15) is 0 Å². The Bertz CT molecular complexity index is 336. The van der Waals surface area contributed by atoms with Crippen LogP contribution in [0.1, 0.15) is 45.4 Å². The Labute approximate surface area is 111 Å². The third-order valence-electron chi connectivity index (χ3n) is 4.32. The second kappa shape index (κ2) is 6.39. The molecule has 1 N–H and O–H groups in total. The standard InChI is InChI=1S/C15H26N2O/c1-12-6-4-9-17(14(12)3)10-8-16-13(2)15-7-5-11-18-15/h5,7,11-14,16H,4,6,8-10H2,1-3H3. The zero-order valence-corrected chi connectivity index (χ0v) is 11.9. The van der Waals surface area contributed by atoms with Crippen molar-refractivity contribution in [3.05, 3.63) is 24.2 Å². The number of nitrogens with one attached hydrogen (secondary N) is 1. The molecule has 3 unspecified atom stereocenters. The van der Waals surface area contributed by atoms with Gasteiger partial charge in [0.05, 0.1) is 12.3 Å². The van der Waals surface area contributed by atoms with Crippen LogP contribution in [0.3, 0.4) is 0 Å². The van der Waals surface area contributed by atoms with E-state index in [0.29, 0.717) is 6.04 Å². The predicted molar refractivity (Wildman–Crippen MR) is 74.6 cm³/mol. The first-order chi connectivity index (χ1) is 8.68. The van der Waals surface area contributed by atoms with E-state index in [4.69, 9.17) is 4.42 Å². The minimum Gasteiger partial charge on any atom is -0.468 e. The quantitative estimate of drug-likeness (QED) is 0.870. The van der Waals surface area contributed by atoms with E-state index in [0.717, 1.165) is 30.8 Å². The fourth-order valence-electron chi connectivity index (χ4n) is 2.80. The monoisotopic (exact) mass is 250 g/mol. The van der Waals surface area contributed by atoms with E-state index in [-0.39, 0.29) is 0 Å². The Morgan fingerprint density at radius 1 is 1.50 bits per heavy atom. The molecular weight excluding hydrogens is 224 g/mol. The maximum atomic E-state index is 5.40. The van der Waals surface area contributed by atoms with Crippen molar-refractivity contribution in [2.45, 2.75) is 45.7 Å². The zero-order valence-electron chi connectivity index (χ0n) is 11.9. The summed E-state index contributed by atoms with van der Waals surface area (Å²) >= 11 is 0. The fraction of sp³-hybridized carbons (Fsp3) is 0.733. The molecule has 3 heteroatoms. The molecule has 2 heterocycles. The van der Waals surface area contributed by atoms with Crippen LogP contribution >= 0.6 is 0 Å². The SMILES string of the molecule is CC(NCCN1CCCC(C)C1C)c1ccco1. The van der Waals surface area contributed by atoms with Crippen molar-refractivity contribution in [1.29, 1.82) is 0 Å². The van der Waals surface area contributed by atoms with E-state index in [2.05, 4.69) is 31.0 Å². The van der Waals surface area contributed by atoms with Crippen LogP contribution in [0.2, 0.25) is 0 Å². The third-order valence-corrected chi connectivity index (χ3v) is 4.32. The van der Waals surface area contributed by atoms with Crippen molar-refractivity contribution in [2.24, 2.45) is 5.92 Å². The number of nitrogens with zero attached hydrogens (tertiary/aromatic N) is 1. The smallest absolute Gasteiger partial charge is 0.120 e. The first-order valence-electron chi connectivity index (χ1n) is 7.19. The molecule has 18 heavy (non-hydrogen) atoms. The average molecular weight is 250 g/mol. The van der Waals surface area contributed by atoms with Crippen molar-refractivity contribution in [2.75, 3.05) is 19.6 Å². The maximum Gasteiger partial charge on any atom is 0.120 e. The summed E-state index contributed by atoms with van der Waals surface area (Å²) in [6.45, 7) is 10.3. The maximum absolute atomic E-state index is 5.40. The second-order valence-corrected chi connectivity index (χ2v) is 5.59. The molecule has 1 saturated heterocycles. The van der Waals surface area contributed by atoms with Gasteiger partial charge in [-0.15, -0.1) is 0 Å². The summed E-state index contributed by atoms with van der Waals surface area (Å²) in [6.07, 6.45) is 4.47. The molecule has 3 atom stereocenters. The average Bonchev–Trinajstić information content (AvgIpc) is 2.88. The van der Waals surface area contributed by atoms with E-state index < -0.39 is 0 Å². The number of hydrogen-bond donors (Lipinski definition) is 1. The molecule has 0 saturated carbocycles. The van der Waals surface area contributed by atoms with Gasteiger partial charge in [-0.05, 0) is 51.3 Å². The molecule has 1 aromatic heterocycles. The zero-order chi connectivity index (χ0) is 13.0. The molecular formula is C15H26N2O.